The quantitative estimate of drug-likeness (QED) is 0.559. The molecule has 0 aromatic carbocycles. The van der Waals surface area contributed by atoms with Crippen molar-refractivity contribution in [2.45, 2.75) is 52.4 Å². The minimum absolute atomic E-state index is 0.503. The van der Waals surface area contributed by atoms with Crippen LogP contribution in [0.25, 0.3) is 0 Å². The van der Waals surface area contributed by atoms with Crippen molar-refractivity contribution in [2.24, 2.45) is 0 Å². The Bertz CT molecular complexity index is 308. The third kappa shape index (κ3) is 6.47. The topological polar surface area (TPSA) is 37.8 Å². The summed E-state index contributed by atoms with van der Waals surface area (Å²) in [4.78, 5) is 8.40. The average molecular weight is 256 g/mol. The molecule has 0 aliphatic carbocycles. The zero-order chi connectivity index (χ0) is 12.5. The van der Waals surface area contributed by atoms with Crippen molar-refractivity contribution >= 4 is 17.5 Å². The highest BCUT2D eigenvalue weighted by Gasteiger charge is 1.99. The van der Waals surface area contributed by atoms with E-state index in [4.69, 9.17) is 11.6 Å². The molecule has 0 saturated heterocycles. The van der Waals surface area contributed by atoms with E-state index in [0.29, 0.717) is 11.1 Å². The maximum absolute atomic E-state index is 5.86. The van der Waals surface area contributed by atoms with Crippen LogP contribution in [0.2, 0.25) is 5.15 Å². The smallest absolute Gasteiger partial charge is 0.224 e. The van der Waals surface area contributed by atoms with Crippen LogP contribution in [0.4, 0.5) is 5.95 Å². The molecule has 1 rings (SSSR count). The molecule has 0 aliphatic rings. The summed E-state index contributed by atoms with van der Waals surface area (Å²) in [6, 6.07) is 1.76. The summed E-state index contributed by atoms with van der Waals surface area (Å²) in [5.41, 5.74) is 0.899. The van der Waals surface area contributed by atoms with Gasteiger partial charge in [0.15, 0.2) is 0 Å². The minimum Gasteiger partial charge on any atom is -0.354 e. The summed E-state index contributed by atoms with van der Waals surface area (Å²) < 4.78 is 0. The van der Waals surface area contributed by atoms with Crippen LogP contribution < -0.4 is 5.32 Å². The largest absolute Gasteiger partial charge is 0.354 e. The lowest BCUT2D eigenvalue weighted by Crippen LogP contribution is -2.06. The number of hydrogen-bond acceptors (Lipinski definition) is 3. The monoisotopic (exact) mass is 255 g/mol. The van der Waals surface area contributed by atoms with Gasteiger partial charge in [0.25, 0.3) is 0 Å². The number of anilines is 1. The number of rotatable bonds is 8. The summed E-state index contributed by atoms with van der Waals surface area (Å²) in [5.74, 6) is 0.642. The van der Waals surface area contributed by atoms with Crippen LogP contribution in [-0.2, 0) is 0 Å². The van der Waals surface area contributed by atoms with E-state index in [-0.39, 0.29) is 0 Å². The second kappa shape index (κ2) is 8.29. The Labute approximate surface area is 109 Å². The molecule has 17 heavy (non-hydrogen) atoms. The van der Waals surface area contributed by atoms with Crippen LogP contribution in [0.3, 0.4) is 0 Å². The zero-order valence-electron chi connectivity index (χ0n) is 10.8. The van der Waals surface area contributed by atoms with Crippen LogP contribution in [0.15, 0.2) is 6.07 Å². The third-order valence-electron chi connectivity index (χ3n) is 2.64. The van der Waals surface area contributed by atoms with E-state index < -0.39 is 0 Å². The molecular weight excluding hydrogens is 234 g/mol. The normalized spacial score (nSPS) is 10.5. The van der Waals surface area contributed by atoms with Gasteiger partial charge in [0, 0.05) is 12.2 Å². The summed E-state index contributed by atoms with van der Waals surface area (Å²) in [6.45, 7) is 5.08. The standard InChI is InChI=1S/C13H22ClN3/c1-3-4-5-6-7-8-9-15-13-16-11(2)10-12(14)17-13/h10H,3-9H2,1-2H3,(H,15,16,17). The van der Waals surface area contributed by atoms with E-state index in [2.05, 4.69) is 22.2 Å². The molecule has 1 N–H and O–H groups in total. The number of halogens is 1. The van der Waals surface area contributed by atoms with E-state index in [0.717, 1.165) is 12.2 Å². The van der Waals surface area contributed by atoms with Gasteiger partial charge in [-0.25, -0.2) is 9.97 Å². The number of hydrogen-bond donors (Lipinski definition) is 1. The maximum Gasteiger partial charge on any atom is 0.224 e. The van der Waals surface area contributed by atoms with E-state index in [9.17, 15) is 0 Å². The molecule has 3 nitrogen and oxygen atoms in total. The van der Waals surface area contributed by atoms with Gasteiger partial charge in [0.05, 0.1) is 0 Å². The van der Waals surface area contributed by atoms with Crippen LogP contribution >= 0.6 is 11.6 Å². The fourth-order valence-electron chi connectivity index (χ4n) is 1.71. The highest BCUT2D eigenvalue weighted by Crippen LogP contribution is 2.10. The molecule has 0 spiro atoms. The molecule has 0 atom stereocenters. The van der Waals surface area contributed by atoms with Crippen LogP contribution in [0, 0.1) is 6.92 Å². The fraction of sp³-hybridized carbons (Fsp3) is 0.692. The highest BCUT2D eigenvalue weighted by molar-refractivity contribution is 6.29. The molecule has 0 saturated carbocycles. The Morgan fingerprint density at radius 2 is 1.82 bits per heavy atom. The molecule has 1 heterocycles. The molecule has 0 unspecified atom stereocenters. The first-order chi connectivity index (χ1) is 8.22. The summed E-state index contributed by atoms with van der Waals surface area (Å²) in [7, 11) is 0. The molecule has 0 aliphatic heterocycles. The van der Waals surface area contributed by atoms with Crippen LogP contribution in [0.1, 0.15) is 51.1 Å². The number of aromatic nitrogens is 2. The van der Waals surface area contributed by atoms with Crippen molar-refractivity contribution in [2.75, 3.05) is 11.9 Å². The predicted octanol–water partition coefficient (Wildman–Crippen LogP) is 4.21. The Hall–Kier alpha value is -0.830. The maximum atomic E-state index is 5.86. The van der Waals surface area contributed by atoms with Gasteiger partial charge in [0.2, 0.25) is 5.95 Å². The minimum atomic E-state index is 0.503. The van der Waals surface area contributed by atoms with Gasteiger partial charge < -0.3 is 5.32 Å². The average Bonchev–Trinajstić information content (AvgIpc) is 2.26. The van der Waals surface area contributed by atoms with Gasteiger partial charge in [-0.2, -0.15) is 0 Å². The number of aryl methyl sites for hydroxylation is 1. The fourth-order valence-corrected chi connectivity index (χ4v) is 1.95. The zero-order valence-corrected chi connectivity index (χ0v) is 11.6. The highest BCUT2D eigenvalue weighted by atomic mass is 35.5. The van der Waals surface area contributed by atoms with E-state index in [1.807, 2.05) is 6.92 Å². The van der Waals surface area contributed by atoms with Gasteiger partial charge in [-0.1, -0.05) is 50.6 Å². The van der Waals surface area contributed by atoms with E-state index in [1.54, 1.807) is 6.07 Å². The molecule has 0 radical (unpaired) electrons. The molecule has 0 fully saturated rings. The molecule has 96 valence electrons. The third-order valence-corrected chi connectivity index (χ3v) is 2.83. The first-order valence-electron chi connectivity index (χ1n) is 6.47. The summed E-state index contributed by atoms with van der Waals surface area (Å²) in [6.07, 6.45) is 7.76. The van der Waals surface area contributed by atoms with Crippen molar-refractivity contribution in [1.29, 1.82) is 0 Å². The number of unbranched alkanes of at least 4 members (excludes halogenated alkanes) is 5. The second-order valence-corrected chi connectivity index (χ2v) is 4.74. The first-order valence-corrected chi connectivity index (χ1v) is 6.85. The molecule has 4 heteroatoms. The lowest BCUT2D eigenvalue weighted by Gasteiger charge is -2.05. The SMILES string of the molecule is CCCCCCCCNc1nc(C)cc(Cl)n1. The van der Waals surface area contributed by atoms with Crippen molar-refractivity contribution in [3.05, 3.63) is 16.9 Å². The van der Waals surface area contributed by atoms with E-state index in [1.165, 1.54) is 38.5 Å². The van der Waals surface area contributed by atoms with Gasteiger partial charge in [-0.05, 0) is 19.4 Å². The summed E-state index contributed by atoms with van der Waals surface area (Å²) in [5, 5.41) is 3.71. The Morgan fingerprint density at radius 3 is 2.53 bits per heavy atom. The molecule has 1 aromatic heterocycles. The van der Waals surface area contributed by atoms with Crippen molar-refractivity contribution in [3.63, 3.8) is 0 Å². The first kappa shape index (κ1) is 14.2. The van der Waals surface area contributed by atoms with Crippen LogP contribution in [0.5, 0.6) is 0 Å². The number of nitrogens with one attached hydrogen (secondary N) is 1. The molecule has 0 amide bonds. The van der Waals surface area contributed by atoms with Crippen molar-refractivity contribution in [3.8, 4) is 0 Å². The lowest BCUT2D eigenvalue weighted by molar-refractivity contribution is 0.616. The molecule has 1 aromatic rings. The van der Waals surface area contributed by atoms with Crippen molar-refractivity contribution < 1.29 is 0 Å². The van der Waals surface area contributed by atoms with Crippen molar-refractivity contribution in [1.82, 2.24) is 9.97 Å². The van der Waals surface area contributed by atoms with Crippen LogP contribution in [-0.4, -0.2) is 16.5 Å². The second-order valence-electron chi connectivity index (χ2n) is 4.35. The van der Waals surface area contributed by atoms with Gasteiger partial charge in [0.1, 0.15) is 5.15 Å². The summed E-state index contributed by atoms with van der Waals surface area (Å²) >= 11 is 5.86. The van der Waals surface area contributed by atoms with Gasteiger partial charge in [-0.15, -0.1) is 0 Å². The Morgan fingerprint density at radius 1 is 1.12 bits per heavy atom. The molecule has 0 bridgehead atoms. The van der Waals surface area contributed by atoms with Gasteiger partial charge in [-0.3, -0.25) is 0 Å². The van der Waals surface area contributed by atoms with Gasteiger partial charge >= 0.3 is 0 Å². The predicted molar refractivity (Wildman–Crippen MR) is 73.6 cm³/mol. The molecular formula is C13H22ClN3. The Kier molecular flexibility index (Phi) is 6.94. The number of nitrogens with zero attached hydrogens (tertiary/aromatic N) is 2. The lowest BCUT2D eigenvalue weighted by atomic mass is 10.1. The van der Waals surface area contributed by atoms with E-state index >= 15 is 0 Å². The Balaban J connectivity index is 2.13.